The van der Waals surface area contributed by atoms with Crippen LogP contribution in [0.25, 0.3) is 10.9 Å². The van der Waals surface area contributed by atoms with Gasteiger partial charge in [0.25, 0.3) is 5.56 Å². The fourth-order valence-electron chi connectivity index (χ4n) is 3.66. The molecule has 2 heterocycles. The minimum atomic E-state index is -0.291. The molecule has 146 valence electrons. The van der Waals surface area contributed by atoms with Crippen LogP contribution in [-0.2, 0) is 4.79 Å². The lowest BCUT2D eigenvalue weighted by atomic mass is 10.1. The van der Waals surface area contributed by atoms with Crippen molar-refractivity contribution >= 4 is 23.0 Å². The predicted molar refractivity (Wildman–Crippen MR) is 109 cm³/mol. The monoisotopic (exact) mass is 389 g/mol. The maximum absolute atomic E-state index is 12.3. The quantitative estimate of drug-likeness (QED) is 0.530. The zero-order chi connectivity index (χ0) is 19.8. The highest BCUT2D eigenvalue weighted by Gasteiger charge is 2.43. The Balaban J connectivity index is 1.30. The van der Waals surface area contributed by atoms with Gasteiger partial charge in [0, 0.05) is 17.4 Å². The number of carbonyl (C=O) groups is 1. The number of carbonyl (C=O) groups excluding carboxylic acids is 1. The van der Waals surface area contributed by atoms with E-state index in [0.717, 1.165) is 17.4 Å². The molecule has 1 saturated carbocycles. The number of aromatic amines is 1. The van der Waals surface area contributed by atoms with Crippen molar-refractivity contribution in [2.75, 3.05) is 13.2 Å². The first kappa shape index (κ1) is 17.5. The van der Waals surface area contributed by atoms with Gasteiger partial charge in [0.1, 0.15) is 13.2 Å². The van der Waals surface area contributed by atoms with Crippen molar-refractivity contribution in [3.63, 3.8) is 0 Å². The lowest BCUT2D eigenvalue weighted by Gasteiger charge is -2.18. The Morgan fingerprint density at radius 2 is 1.86 bits per heavy atom. The normalized spacial score (nSPS) is 20.0. The molecule has 0 saturated heterocycles. The fourth-order valence-corrected chi connectivity index (χ4v) is 3.66. The van der Waals surface area contributed by atoms with Crippen molar-refractivity contribution in [3.8, 4) is 11.5 Å². The van der Waals surface area contributed by atoms with Crippen LogP contribution < -0.4 is 20.5 Å². The Morgan fingerprint density at radius 3 is 2.66 bits per heavy atom. The number of hydrogen-bond donors (Lipinski definition) is 2. The van der Waals surface area contributed by atoms with Gasteiger partial charge in [-0.2, -0.15) is 5.10 Å². The molecule has 0 radical (unpaired) electrons. The topological polar surface area (TPSA) is 92.8 Å². The Labute approximate surface area is 166 Å². The Bertz CT molecular complexity index is 1170. The largest absolute Gasteiger partial charge is 0.486 e. The van der Waals surface area contributed by atoms with Crippen molar-refractivity contribution < 1.29 is 14.3 Å². The summed E-state index contributed by atoms with van der Waals surface area (Å²) >= 11 is 0. The molecule has 1 fully saturated rings. The molecular weight excluding hydrogens is 370 g/mol. The van der Waals surface area contributed by atoms with Crippen LogP contribution in [0.15, 0.2) is 58.4 Å². The van der Waals surface area contributed by atoms with Crippen molar-refractivity contribution in [1.29, 1.82) is 0 Å². The number of rotatable bonds is 4. The van der Waals surface area contributed by atoms with E-state index < -0.39 is 0 Å². The zero-order valence-corrected chi connectivity index (χ0v) is 15.6. The Morgan fingerprint density at radius 1 is 1.10 bits per heavy atom. The number of nitrogens with zero attached hydrogens (tertiary/aromatic N) is 1. The van der Waals surface area contributed by atoms with E-state index in [2.05, 4.69) is 15.5 Å². The van der Waals surface area contributed by atoms with Gasteiger partial charge in [0.2, 0.25) is 5.91 Å². The number of fused-ring (bicyclic) bond motifs is 2. The van der Waals surface area contributed by atoms with Crippen LogP contribution in [0.2, 0.25) is 0 Å². The van der Waals surface area contributed by atoms with Crippen molar-refractivity contribution in [2.45, 2.75) is 12.3 Å². The molecule has 1 aliphatic carbocycles. The maximum atomic E-state index is 12.3. The number of benzene rings is 2. The molecule has 1 amide bonds. The first-order valence-corrected chi connectivity index (χ1v) is 9.53. The predicted octanol–water partition coefficient (Wildman–Crippen LogP) is 2.55. The number of hydrogen-bond acceptors (Lipinski definition) is 5. The van der Waals surface area contributed by atoms with E-state index in [1.54, 1.807) is 12.1 Å². The first-order valence-electron chi connectivity index (χ1n) is 9.53. The van der Waals surface area contributed by atoms with Gasteiger partial charge in [-0.15, -0.1) is 0 Å². The SMILES string of the molecule is O=C(N/N=C\c1cc2cc3c(cc2[nH]c1=O)OCCO3)[C@H]1C[C@H]1c1ccccc1. The molecule has 2 aliphatic rings. The molecule has 1 aliphatic heterocycles. The number of nitrogens with one attached hydrogen (secondary N) is 2. The van der Waals surface area contributed by atoms with Crippen LogP contribution in [0.5, 0.6) is 11.5 Å². The van der Waals surface area contributed by atoms with E-state index in [9.17, 15) is 9.59 Å². The van der Waals surface area contributed by atoms with Gasteiger partial charge < -0.3 is 14.5 Å². The summed E-state index contributed by atoms with van der Waals surface area (Å²) < 4.78 is 11.1. The summed E-state index contributed by atoms with van der Waals surface area (Å²) in [4.78, 5) is 27.4. The number of H-pyrrole nitrogens is 1. The van der Waals surface area contributed by atoms with E-state index in [0.29, 0.717) is 35.8 Å². The lowest BCUT2D eigenvalue weighted by molar-refractivity contribution is -0.122. The molecule has 2 N–H and O–H groups in total. The van der Waals surface area contributed by atoms with E-state index in [1.807, 2.05) is 36.4 Å². The summed E-state index contributed by atoms with van der Waals surface area (Å²) in [5.74, 6) is 1.29. The second-order valence-corrected chi connectivity index (χ2v) is 7.23. The van der Waals surface area contributed by atoms with Gasteiger partial charge in [0.15, 0.2) is 11.5 Å². The number of aromatic nitrogens is 1. The van der Waals surface area contributed by atoms with Gasteiger partial charge in [-0.1, -0.05) is 30.3 Å². The smallest absolute Gasteiger partial charge is 0.257 e. The molecule has 5 rings (SSSR count). The molecule has 7 heteroatoms. The minimum absolute atomic E-state index is 0.0758. The Kier molecular flexibility index (Phi) is 4.27. The van der Waals surface area contributed by atoms with Crippen molar-refractivity contribution in [2.24, 2.45) is 11.0 Å². The highest BCUT2D eigenvalue weighted by molar-refractivity contribution is 5.90. The highest BCUT2D eigenvalue weighted by Crippen LogP contribution is 2.47. The lowest BCUT2D eigenvalue weighted by Crippen LogP contribution is -2.21. The highest BCUT2D eigenvalue weighted by atomic mass is 16.6. The van der Waals surface area contributed by atoms with E-state index in [4.69, 9.17) is 9.47 Å². The van der Waals surface area contributed by atoms with Gasteiger partial charge in [-0.25, -0.2) is 5.43 Å². The second-order valence-electron chi connectivity index (χ2n) is 7.23. The number of hydrazone groups is 1. The second kappa shape index (κ2) is 7.09. The number of amides is 1. The van der Waals surface area contributed by atoms with Crippen LogP contribution >= 0.6 is 0 Å². The summed E-state index contributed by atoms with van der Waals surface area (Å²) in [6.07, 6.45) is 2.18. The molecule has 2 atom stereocenters. The van der Waals surface area contributed by atoms with E-state index in [1.165, 1.54) is 6.21 Å². The van der Waals surface area contributed by atoms with Crippen molar-refractivity contribution in [3.05, 3.63) is 70.0 Å². The van der Waals surface area contributed by atoms with Gasteiger partial charge >= 0.3 is 0 Å². The first-order chi connectivity index (χ1) is 14.2. The van der Waals surface area contributed by atoms with E-state index >= 15 is 0 Å². The fraction of sp³-hybridized carbons (Fsp3) is 0.227. The molecule has 0 spiro atoms. The van der Waals surface area contributed by atoms with Crippen LogP contribution in [-0.4, -0.2) is 30.3 Å². The van der Waals surface area contributed by atoms with Crippen LogP contribution in [0.3, 0.4) is 0 Å². The van der Waals surface area contributed by atoms with Gasteiger partial charge in [-0.3, -0.25) is 9.59 Å². The summed E-state index contributed by atoms with van der Waals surface area (Å²) in [7, 11) is 0. The maximum Gasteiger partial charge on any atom is 0.257 e. The average Bonchev–Trinajstić information content (AvgIpc) is 3.54. The molecule has 2 aromatic carbocycles. The summed E-state index contributed by atoms with van der Waals surface area (Å²) in [5.41, 5.74) is 4.43. The summed E-state index contributed by atoms with van der Waals surface area (Å²) in [6, 6.07) is 15.3. The van der Waals surface area contributed by atoms with Crippen LogP contribution in [0.1, 0.15) is 23.5 Å². The van der Waals surface area contributed by atoms with Gasteiger partial charge in [-0.05, 0) is 30.0 Å². The zero-order valence-electron chi connectivity index (χ0n) is 15.6. The van der Waals surface area contributed by atoms with Crippen LogP contribution in [0.4, 0.5) is 0 Å². The van der Waals surface area contributed by atoms with Gasteiger partial charge in [0.05, 0.1) is 17.3 Å². The standard InChI is InChI=1S/C22H19N3O4/c26-21-15(8-14-9-19-20(11-18(14)24-21)29-7-6-28-19)12-23-25-22(27)17-10-16(17)13-4-2-1-3-5-13/h1-5,8-9,11-12,16-17H,6-7,10H2,(H,24,26)(H,25,27)/b23-12-/t16-,17-/m0/s1. The molecule has 3 aromatic rings. The van der Waals surface area contributed by atoms with E-state index in [-0.39, 0.29) is 23.3 Å². The molecule has 1 aromatic heterocycles. The van der Waals surface area contributed by atoms with Crippen LogP contribution in [0, 0.1) is 5.92 Å². The summed E-state index contributed by atoms with van der Waals surface area (Å²) in [5, 5.41) is 4.78. The number of pyridine rings is 1. The minimum Gasteiger partial charge on any atom is -0.486 e. The average molecular weight is 389 g/mol. The molecule has 29 heavy (non-hydrogen) atoms. The summed E-state index contributed by atoms with van der Waals surface area (Å²) in [6.45, 7) is 0.979. The molecule has 7 nitrogen and oxygen atoms in total. The molecular formula is C22H19N3O4. The third kappa shape index (κ3) is 3.47. The van der Waals surface area contributed by atoms with Crippen molar-refractivity contribution in [1.82, 2.24) is 10.4 Å². The number of ether oxygens (including phenoxy) is 2. The Hall–Kier alpha value is -3.61. The third-order valence-electron chi connectivity index (χ3n) is 5.27. The molecule has 0 unspecified atom stereocenters. The molecule has 0 bridgehead atoms. The third-order valence-corrected chi connectivity index (χ3v) is 5.27.